The van der Waals surface area contributed by atoms with Crippen molar-refractivity contribution >= 4 is 38.5 Å². The van der Waals surface area contributed by atoms with E-state index in [4.69, 9.17) is 4.74 Å². The molecule has 1 aromatic heterocycles. The maximum atomic E-state index is 5.14. The number of methoxy groups -OCH3 is 1. The second kappa shape index (κ2) is 7.33. The summed E-state index contributed by atoms with van der Waals surface area (Å²) in [5.74, 6) is 0.589. The zero-order valence-electron chi connectivity index (χ0n) is 11.2. The average molecular weight is 448 g/mol. The number of nitrogens with one attached hydrogen (secondary N) is 1. The highest BCUT2D eigenvalue weighted by atomic mass is 127. The van der Waals surface area contributed by atoms with E-state index in [-0.39, 0.29) is 6.04 Å². The molecule has 0 spiro atoms. The first-order valence-electron chi connectivity index (χ1n) is 6.11. The van der Waals surface area contributed by atoms with Crippen molar-refractivity contribution in [1.29, 1.82) is 0 Å². The Morgan fingerprint density at radius 2 is 2.15 bits per heavy atom. The number of nitrogens with zero attached hydrogens (tertiary/aromatic N) is 2. The molecule has 0 saturated heterocycles. The van der Waals surface area contributed by atoms with Crippen LogP contribution in [0.15, 0.2) is 35.1 Å². The van der Waals surface area contributed by atoms with Crippen molar-refractivity contribution in [1.82, 2.24) is 15.3 Å². The van der Waals surface area contributed by atoms with Crippen molar-refractivity contribution in [3.8, 4) is 5.88 Å². The molecule has 6 heteroatoms. The topological polar surface area (TPSA) is 47.0 Å². The van der Waals surface area contributed by atoms with Gasteiger partial charge in [0.05, 0.1) is 7.11 Å². The van der Waals surface area contributed by atoms with E-state index in [0.717, 1.165) is 16.6 Å². The molecule has 2 rings (SSSR count). The van der Waals surface area contributed by atoms with Crippen molar-refractivity contribution in [2.75, 3.05) is 14.2 Å². The van der Waals surface area contributed by atoms with Crippen molar-refractivity contribution in [2.45, 2.75) is 12.5 Å². The Bertz CT molecular complexity index is 594. The molecule has 1 heterocycles. The van der Waals surface area contributed by atoms with Gasteiger partial charge >= 0.3 is 0 Å². The summed E-state index contributed by atoms with van der Waals surface area (Å²) in [4.78, 5) is 8.34. The number of hydrogen-bond acceptors (Lipinski definition) is 4. The fourth-order valence-electron chi connectivity index (χ4n) is 1.96. The van der Waals surface area contributed by atoms with Crippen LogP contribution >= 0.6 is 38.5 Å². The van der Waals surface area contributed by atoms with E-state index >= 15 is 0 Å². The highest BCUT2D eigenvalue weighted by molar-refractivity contribution is 14.1. The maximum Gasteiger partial charge on any atom is 0.216 e. The van der Waals surface area contributed by atoms with Gasteiger partial charge < -0.3 is 10.1 Å². The first-order chi connectivity index (χ1) is 9.63. The highest BCUT2D eigenvalue weighted by Crippen LogP contribution is 2.27. The number of likely N-dealkylation sites (N-methyl/N-ethyl adjacent to an activating group) is 1. The van der Waals surface area contributed by atoms with Crippen LogP contribution in [0.5, 0.6) is 5.88 Å². The lowest BCUT2D eigenvalue weighted by molar-refractivity contribution is 0.395. The second-order valence-corrected chi connectivity index (χ2v) is 6.36. The molecular formula is C14H15BrIN3O. The van der Waals surface area contributed by atoms with Gasteiger partial charge in [0.2, 0.25) is 5.88 Å². The van der Waals surface area contributed by atoms with Crippen molar-refractivity contribution < 1.29 is 4.74 Å². The van der Waals surface area contributed by atoms with E-state index in [9.17, 15) is 0 Å². The molecule has 1 aromatic carbocycles. The molecule has 0 radical (unpaired) electrons. The summed E-state index contributed by atoms with van der Waals surface area (Å²) in [6.07, 6.45) is 2.30. The fourth-order valence-corrected chi connectivity index (χ4v) is 3.00. The van der Waals surface area contributed by atoms with Gasteiger partial charge in [0, 0.05) is 32.3 Å². The van der Waals surface area contributed by atoms with Gasteiger partial charge in [-0.3, -0.25) is 0 Å². The van der Waals surface area contributed by atoms with E-state index in [1.54, 1.807) is 7.11 Å². The molecule has 1 atom stereocenters. The molecular weight excluding hydrogens is 433 g/mol. The number of hydrogen-bond donors (Lipinski definition) is 1. The van der Waals surface area contributed by atoms with Gasteiger partial charge in [-0.15, -0.1) is 0 Å². The minimum absolute atomic E-state index is 0.179. The summed E-state index contributed by atoms with van der Waals surface area (Å²) >= 11 is 5.93. The number of rotatable bonds is 5. The van der Waals surface area contributed by atoms with Gasteiger partial charge in [0.15, 0.2) is 0 Å². The summed E-state index contributed by atoms with van der Waals surface area (Å²) < 4.78 is 7.44. The monoisotopic (exact) mass is 447 g/mol. The minimum atomic E-state index is 0.179. The van der Waals surface area contributed by atoms with E-state index < -0.39 is 0 Å². The summed E-state index contributed by atoms with van der Waals surface area (Å²) in [5, 5.41) is 3.34. The second-order valence-electron chi connectivity index (χ2n) is 4.26. The molecule has 1 N–H and O–H groups in total. The normalized spacial score (nSPS) is 12.2. The van der Waals surface area contributed by atoms with E-state index in [1.165, 1.54) is 15.5 Å². The van der Waals surface area contributed by atoms with Gasteiger partial charge in [0.25, 0.3) is 0 Å². The summed E-state index contributed by atoms with van der Waals surface area (Å²) in [6.45, 7) is 0. The van der Waals surface area contributed by atoms with Crippen LogP contribution in [0.4, 0.5) is 0 Å². The molecule has 2 aromatic rings. The fraction of sp³-hybridized carbons (Fsp3) is 0.286. The Kier molecular flexibility index (Phi) is 5.74. The molecule has 0 amide bonds. The van der Waals surface area contributed by atoms with Crippen LogP contribution in [0.1, 0.15) is 17.3 Å². The number of aromatic nitrogens is 2. The minimum Gasteiger partial charge on any atom is -0.481 e. The molecule has 106 valence electrons. The lowest BCUT2D eigenvalue weighted by Gasteiger charge is -2.18. The average Bonchev–Trinajstić information content (AvgIpc) is 2.47. The molecule has 0 aliphatic heterocycles. The van der Waals surface area contributed by atoms with Crippen LogP contribution < -0.4 is 10.1 Å². The summed E-state index contributed by atoms with van der Waals surface area (Å²) in [6, 6.07) is 8.37. The predicted octanol–water partition coefficient (Wildman–Crippen LogP) is 3.36. The highest BCUT2D eigenvalue weighted by Gasteiger charge is 2.15. The van der Waals surface area contributed by atoms with E-state index in [1.807, 2.05) is 13.1 Å². The summed E-state index contributed by atoms with van der Waals surface area (Å²) in [5.41, 5.74) is 2.17. The molecule has 0 saturated carbocycles. The van der Waals surface area contributed by atoms with Crippen molar-refractivity contribution in [2.24, 2.45) is 0 Å². The van der Waals surface area contributed by atoms with Gasteiger partial charge in [-0.05, 0) is 53.4 Å². The van der Waals surface area contributed by atoms with Crippen LogP contribution in [0.3, 0.4) is 0 Å². The summed E-state index contributed by atoms with van der Waals surface area (Å²) in [7, 11) is 3.56. The van der Waals surface area contributed by atoms with Crippen LogP contribution in [0.2, 0.25) is 0 Å². The van der Waals surface area contributed by atoms with Crippen molar-refractivity contribution in [3.05, 3.63) is 49.9 Å². The largest absolute Gasteiger partial charge is 0.481 e. The Morgan fingerprint density at radius 3 is 2.85 bits per heavy atom. The van der Waals surface area contributed by atoms with Crippen LogP contribution in [0.25, 0.3) is 0 Å². The first kappa shape index (κ1) is 15.7. The van der Waals surface area contributed by atoms with Crippen LogP contribution in [-0.4, -0.2) is 24.1 Å². The Labute approximate surface area is 140 Å². The molecule has 0 aliphatic carbocycles. The molecule has 4 nitrogen and oxygen atoms in total. The van der Waals surface area contributed by atoms with Gasteiger partial charge in [0.1, 0.15) is 6.33 Å². The quantitative estimate of drug-likeness (QED) is 0.714. The van der Waals surface area contributed by atoms with E-state index in [2.05, 4.69) is 72.0 Å². The number of ether oxygens (including phenoxy) is 1. The number of halogens is 2. The third kappa shape index (κ3) is 3.89. The Morgan fingerprint density at radius 1 is 1.35 bits per heavy atom. The Balaban J connectivity index is 2.26. The van der Waals surface area contributed by atoms with E-state index in [0.29, 0.717) is 5.88 Å². The Hall–Kier alpha value is -0.730. The van der Waals surface area contributed by atoms with Crippen LogP contribution in [0, 0.1) is 3.57 Å². The van der Waals surface area contributed by atoms with Gasteiger partial charge in [-0.2, -0.15) is 0 Å². The third-order valence-corrected chi connectivity index (χ3v) is 4.40. The molecule has 0 bridgehead atoms. The zero-order chi connectivity index (χ0) is 14.5. The zero-order valence-corrected chi connectivity index (χ0v) is 15.0. The predicted molar refractivity (Wildman–Crippen MR) is 90.9 cm³/mol. The van der Waals surface area contributed by atoms with Crippen LogP contribution in [-0.2, 0) is 6.42 Å². The first-order valence-corrected chi connectivity index (χ1v) is 7.98. The third-order valence-electron chi connectivity index (χ3n) is 3.00. The van der Waals surface area contributed by atoms with Gasteiger partial charge in [-0.1, -0.05) is 15.9 Å². The maximum absolute atomic E-state index is 5.14. The SMILES string of the molecule is CNC(Cc1cc(OC)ncn1)c1cc(I)ccc1Br. The molecule has 1 unspecified atom stereocenters. The lowest BCUT2D eigenvalue weighted by atomic mass is 10.0. The number of benzene rings is 1. The standard InChI is InChI=1S/C14H15BrIN3O/c1-17-13(11-5-9(16)3-4-12(11)15)6-10-7-14(20-2)19-8-18-10/h3-5,7-8,13,17H,6H2,1-2H3. The smallest absolute Gasteiger partial charge is 0.216 e. The molecule has 0 fully saturated rings. The molecule has 0 aliphatic rings. The van der Waals surface area contributed by atoms with Crippen molar-refractivity contribution in [3.63, 3.8) is 0 Å². The van der Waals surface area contributed by atoms with Gasteiger partial charge in [-0.25, -0.2) is 9.97 Å². The lowest BCUT2D eigenvalue weighted by Crippen LogP contribution is -2.20. The molecule has 20 heavy (non-hydrogen) atoms.